The zero-order chi connectivity index (χ0) is 34.1. The van der Waals surface area contributed by atoms with Crippen molar-refractivity contribution in [1.29, 1.82) is 0 Å². The first kappa shape index (κ1) is 33.5. The fraction of sp³-hybridized carbons (Fsp3) is 0.194. The maximum Gasteiger partial charge on any atom is 0.370 e. The van der Waals surface area contributed by atoms with E-state index < -0.39 is 66.7 Å². The molecule has 4 aromatic rings. The first-order chi connectivity index (χ1) is 23.2. The van der Waals surface area contributed by atoms with Crippen molar-refractivity contribution in [2.75, 3.05) is 13.7 Å². The van der Waals surface area contributed by atoms with Crippen LogP contribution in [0.1, 0.15) is 41.4 Å². The molecular formula is C36H30O12. The summed E-state index contributed by atoms with van der Waals surface area (Å²) in [5, 5.41) is 11.8. The van der Waals surface area contributed by atoms with Crippen molar-refractivity contribution in [2.24, 2.45) is 0 Å². The molecule has 1 fully saturated rings. The topological polar surface area (TPSA) is 161 Å². The molecule has 0 radical (unpaired) electrons. The molecule has 5 rings (SSSR count). The lowest BCUT2D eigenvalue weighted by Crippen LogP contribution is -2.71. The Kier molecular flexibility index (Phi) is 10.6. The van der Waals surface area contributed by atoms with E-state index in [0.29, 0.717) is 0 Å². The van der Waals surface area contributed by atoms with E-state index in [1.165, 1.54) is 48.5 Å². The summed E-state index contributed by atoms with van der Waals surface area (Å²) < 4.78 is 33.3. The zero-order valence-corrected chi connectivity index (χ0v) is 25.5. The molecule has 0 unspecified atom stereocenters. The van der Waals surface area contributed by atoms with E-state index in [-0.39, 0.29) is 22.3 Å². The Morgan fingerprint density at radius 3 is 1.38 bits per heavy atom. The van der Waals surface area contributed by atoms with Crippen LogP contribution in [-0.4, -0.2) is 78.9 Å². The van der Waals surface area contributed by atoms with E-state index in [0.717, 1.165) is 7.11 Å². The van der Waals surface area contributed by atoms with Crippen LogP contribution in [-0.2, 0) is 33.2 Å². The maximum absolute atomic E-state index is 13.5. The fourth-order valence-electron chi connectivity index (χ4n) is 4.93. The van der Waals surface area contributed by atoms with Crippen LogP contribution in [0, 0.1) is 0 Å². The zero-order valence-electron chi connectivity index (χ0n) is 25.5. The number of hydrogen-bond donors (Lipinski definition) is 1. The van der Waals surface area contributed by atoms with Crippen molar-refractivity contribution in [3.8, 4) is 0 Å². The van der Waals surface area contributed by atoms with Crippen molar-refractivity contribution >= 4 is 29.8 Å². The molecule has 1 heterocycles. The number of methoxy groups -OCH3 is 1. The average Bonchev–Trinajstić information content (AvgIpc) is 3.14. The van der Waals surface area contributed by atoms with Crippen LogP contribution in [0.25, 0.3) is 0 Å². The predicted molar refractivity (Wildman–Crippen MR) is 165 cm³/mol. The van der Waals surface area contributed by atoms with E-state index in [9.17, 15) is 29.1 Å². The highest BCUT2D eigenvalue weighted by Gasteiger charge is 2.64. The van der Waals surface area contributed by atoms with Gasteiger partial charge in [-0.2, -0.15) is 0 Å². The monoisotopic (exact) mass is 654 g/mol. The summed E-state index contributed by atoms with van der Waals surface area (Å²) in [5.74, 6) is -8.38. The number of esters is 5. The lowest BCUT2D eigenvalue weighted by atomic mass is 9.91. The van der Waals surface area contributed by atoms with Gasteiger partial charge in [0.05, 0.1) is 29.4 Å². The molecule has 5 atom stereocenters. The molecule has 0 aromatic heterocycles. The molecule has 12 heteroatoms. The number of ether oxygens (including phenoxy) is 6. The van der Waals surface area contributed by atoms with Crippen molar-refractivity contribution in [2.45, 2.75) is 30.2 Å². The molecule has 246 valence electrons. The van der Waals surface area contributed by atoms with Crippen molar-refractivity contribution in [3.05, 3.63) is 144 Å². The van der Waals surface area contributed by atoms with Gasteiger partial charge in [0.25, 0.3) is 0 Å². The Labute approximate surface area is 274 Å². The normalized spacial score (nSPS) is 21.6. The minimum Gasteiger partial charge on any atom is -0.465 e. The van der Waals surface area contributed by atoms with Crippen LogP contribution < -0.4 is 0 Å². The lowest BCUT2D eigenvalue weighted by Gasteiger charge is -2.47. The molecular weight excluding hydrogens is 624 g/mol. The summed E-state index contributed by atoms with van der Waals surface area (Å²) in [5.41, 5.74) is 0.293. The highest BCUT2D eigenvalue weighted by Crippen LogP contribution is 2.36. The van der Waals surface area contributed by atoms with Crippen LogP contribution in [0.3, 0.4) is 0 Å². The number of carbonyl (C=O) groups excluding carboxylic acids is 5. The Morgan fingerprint density at radius 1 is 0.583 bits per heavy atom. The number of hydrogen-bond acceptors (Lipinski definition) is 12. The molecule has 48 heavy (non-hydrogen) atoms. The van der Waals surface area contributed by atoms with Gasteiger partial charge in [0, 0.05) is 0 Å². The van der Waals surface area contributed by atoms with Gasteiger partial charge in [0.15, 0.2) is 12.2 Å². The molecule has 0 bridgehead atoms. The Bertz CT molecular complexity index is 1730. The predicted octanol–water partition coefficient (Wildman–Crippen LogP) is 3.78. The Balaban J connectivity index is 1.59. The quantitative estimate of drug-likeness (QED) is 0.195. The number of aliphatic hydroxyl groups is 1. The molecule has 1 aliphatic heterocycles. The first-order valence-corrected chi connectivity index (χ1v) is 14.7. The summed E-state index contributed by atoms with van der Waals surface area (Å²) in [4.78, 5) is 66.4. The molecule has 0 saturated carbocycles. The Hall–Kier alpha value is -5.85. The van der Waals surface area contributed by atoms with Gasteiger partial charge in [0.2, 0.25) is 6.10 Å². The third kappa shape index (κ3) is 7.57. The largest absolute Gasteiger partial charge is 0.465 e. The minimum absolute atomic E-state index is 0.00889. The molecule has 1 N–H and O–H groups in total. The van der Waals surface area contributed by atoms with Crippen LogP contribution in [0.4, 0.5) is 0 Å². The third-order valence-corrected chi connectivity index (χ3v) is 7.32. The molecule has 0 spiro atoms. The minimum atomic E-state index is -3.15. The summed E-state index contributed by atoms with van der Waals surface area (Å²) in [6, 6.07) is 30.9. The van der Waals surface area contributed by atoms with E-state index in [1.54, 1.807) is 72.8 Å². The van der Waals surface area contributed by atoms with Gasteiger partial charge >= 0.3 is 35.6 Å². The maximum atomic E-state index is 13.5. The second-order valence-electron chi connectivity index (χ2n) is 10.5. The third-order valence-electron chi connectivity index (χ3n) is 7.32. The van der Waals surface area contributed by atoms with Gasteiger partial charge in [-0.15, -0.1) is 0 Å². The van der Waals surface area contributed by atoms with Crippen LogP contribution in [0.2, 0.25) is 0 Å². The van der Waals surface area contributed by atoms with Crippen molar-refractivity contribution in [3.63, 3.8) is 0 Å². The van der Waals surface area contributed by atoms with Gasteiger partial charge in [-0.1, -0.05) is 72.8 Å². The van der Waals surface area contributed by atoms with Gasteiger partial charge < -0.3 is 33.5 Å². The fourth-order valence-corrected chi connectivity index (χ4v) is 4.93. The summed E-state index contributed by atoms with van der Waals surface area (Å²) >= 11 is 0. The molecule has 1 saturated heterocycles. The van der Waals surface area contributed by atoms with Gasteiger partial charge in [-0.25, -0.2) is 24.0 Å². The first-order valence-electron chi connectivity index (χ1n) is 14.7. The smallest absolute Gasteiger partial charge is 0.370 e. The van der Waals surface area contributed by atoms with Crippen molar-refractivity contribution < 1.29 is 57.5 Å². The summed E-state index contributed by atoms with van der Waals surface area (Å²) in [7, 11) is 0.941. The van der Waals surface area contributed by atoms with Crippen LogP contribution >= 0.6 is 0 Å². The van der Waals surface area contributed by atoms with Crippen molar-refractivity contribution in [1.82, 2.24) is 0 Å². The van der Waals surface area contributed by atoms with E-state index in [4.69, 9.17) is 28.4 Å². The average molecular weight is 655 g/mol. The van der Waals surface area contributed by atoms with E-state index in [2.05, 4.69) is 0 Å². The van der Waals surface area contributed by atoms with Crippen LogP contribution in [0.15, 0.2) is 121 Å². The molecule has 4 aromatic carbocycles. The Morgan fingerprint density at radius 2 is 0.958 bits per heavy atom. The number of benzene rings is 4. The highest BCUT2D eigenvalue weighted by atomic mass is 16.7. The molecule has 0 amide bonds. The van der Waals surface area contributed by atoms with E-state index in [1.807, 2.05) is 0 Å². The molecule has 1 aliphatic rings. The number of carbonyl (C=O) groups is 5. The summed E-state index contributed by atoms with van der Waals surface area (Å²) in [6.45, 7) is -0.724. The van der Waals surface area contributed by atoms with E-state index >= 15 is 0 Å². The van der Waals surface area contributed by atoms with Crippen LogP contribution in [0.5, 0.6) is 0 Å². The second kappa shape index (κ2) is 15.2. The molecule has 12 nitrogen and oxygen atoms in total. The lowest BCUT2D eigenvalue weighted by molar-refractivity contribution is -0.335. The highest BCUT2D eigenvalue weighted by molar-refractivity contribution is 5.92. The standard InChI is InChI=1S/C36H30O12/c1-43-35(41)36(42)30(47-34(40)26-20-12-5-13-21-26)29(46-33(39)25-18-10-4-11-19-25)28(45-32(38)24-16-8-3-9-17-24)27(48-36)22-44-31(37)23-14-6-2-7-15-23/h2-21,27-30,42H,22H2,1H3/t27-,28-,29+,30-,36-/m1/s1. The number of rotatable bonds is 10. The van der Waals surface area contributed by atoms with Gasteiger partial charge in [-0.05, 0) is 48.5 Å². The SMILES string of the molecule is COC(=O)[C@]1(O)O[C@H](COC(=O)c2ccccc2)[C@@H](OC(=O)c2ccccc2)[C@H](OC(=O)c2ccccc2)[C@H]1OC(=O)c1ccccc1. The molecule has 0 aliphatic carbocycles. The van der Waals surface area contributed by atoms with Gasteiger partial charge in [-0.3, -0.25) is 0 Å². The second-order valence-corrected chi connectivity index (χ2v) is 10.5. The summed E-state index contributed by atoms with van der Waals surface area (Å²) in [6.07, 6.45) is -7.49. The van der Waals surface area contributed by atoms with Gasteiger partial charge in [0.1, 0.15) is 12.7 Å².